The lowest BCUT2D eigenvalue weighted by Crippen LogP contribution is -2.38. The molecule has 1 aliphatic carbocycles. The molecule has 0 saturated heterocycles. The monoisotopic (exact) mass is 342 g/mol. The third-order valence-corrected chi connectivity index (χ3v) is 4.97. The first kappa shape index (κ1) is 17.5. The number of aryl methyl sites for hydroxylation is 1. The highest BCUT2D eigenvalue weighted by Gasteiger charge is 2.18. The first-order chi connectivity index (χ1) is 12.1. The lowest BCUT2D eigenvalue weighted by atomic mass is 9.97. The van der Waals surface area contributed by atoms with Crippen molar-refractivity contribution in [1.82, 2.24) is 9.88 Å². The largest absolute Gasteiger partial charge is 0.451 e. The van der Waals surface area contributed by atoms with Crippen LogP contribution < -0.4 is 5.32 Å². The van der Waals surface area contributed by atoms with Gasteiger partial charge in [0.15, 0.2) is 6.61 Å². The molecule has 1 saturated carbocycles. The lowest BCUT2D eigenvalue weighted by Gasteiger charge is -2.20. The van der Waals surface area contributed by atoms with Gasteiger partial charge in [-0.3, -0.25) is 4.79 Å². The summed E-state index contributed by atoms with van der Waals surface area (Å²) in [5, 5.41) is 3.99. The molecule has 1 amide bonds. The Balaban J connectivity index is 1.54. The Morgan fingerprint density at radius 3 is 2.52 bits per heavy atom. The Hall–Kier alpha value is -2.30. The van der Waals surface area contributed by atoms with Gasteiger partial charge in [-0.15, -0.1) is 0 Å². The van der Waals surface area contributed by atoms with Gasteiger partial charge in [-0.25, -0.2) is 4.79 Å². The number of para-hydroxylation sites is 1. The van der Waals surface area contributed by atoms with E-state index < -0.39 is 5.97 Å². The second-order valence-electron chi connectivity index (χ2n) is 6.83. The highest BCUT2D eigenvalue weighted by molar-refractivity contribution is 5.96. The zero-order valence-electron chi connectivity index (χ0n) is 14.8. The summed E-state index contributed by atoms with van der Waals surface area (Å²) in [5.41, 5.74) is 1.42. The van der Waals surface area contributed by atoms with Gasteiger partial charge >= 0.3 is 5.97 Å². The molecule has 0 aliphatic heterocycles. The Labute approximate surface area is 148 Å². The minimum absolute atomic E-state index is 0.210. The summed E-state index contributed by atoms with van der Waals surface area (Å²) in [4.78, 5) is 24.4. The minimum atomic E-state index is -0.466. The van der Waals surface area contributed by atoms with Crippen molar-refractivity contribution in [2.45, 2.75) is 51.0 Å². The smallest absolute Gasteiger partial charge is 0.355 e. The van der Waals surface area contributed by atoms with E-state index in [1.165, 1.54) is 19.3 Å². The molecule has 0 spiro atoms. The van der Waals surface area contributed by atoms with Crippen molar-refractivity contribution in [3.8, 4) is 0 Å². The van der Waals surface area contributed by atoms with E-state index in [1.807, 2.05) is 31.3 Å². The molecule has 2 aromatic rings. The minimum Gasteiger partial charge on any atom is -0.451 e. The number of nitrogens with one attached hydrogen (secondary N) is 1. The fourth-order valence-electron chi connectivity index (χ4n) is 3.56. The molecule has 1 heterocycles. The number of aromatic nitrogens is 1. The molecular weight excluding hydrogens is 316 g/mol. The second-order valence-corrected chi connectivity index (χ2v) is 6.83. The van der Waals surface area contributed by atoms with Gasteiger partial charge in [0.2, 0.25) is 0 Å². The van der Waals surface area contributed by atoms with Crippen molar-refractivity contribution in [1.29, 1.82) is 0 Å². The van der Waals surface area contributed by atoms with Crippen molar-refractivity contribution >= 4 is 22.8 Å². The van der Waals surface area contributed by atoms with Crippen LogP contribution in [0, 0.1) is 0 Å². The zero-order valence-corrected chi connectivity index (χ0v) is 14.8. The Bertz CT molecular complexity index is 742. The van der Waals surface area contributed by atoms with Gasteiger partial charge in [0.1, 0.15) is 5.69 Å². The number of amides is 1. The van der Waals surface area contributed by atoms with Crippen LogP contribution in [0.2, 0.25) is 0 Å². The molecule has 1 N–H and O–H groups in total. The Morgan fingerprint density at radius 1 is 1.12 bits per heavy atom. The molecule has 5 heteroatoms. The second kappa shape index (κ2) is 8.19. The third-order valence-electron chi connectivity index (χ3n) is 4.97. The van der Waals surface area contributed by atoms with E-state index in [-0.39, 0.29) is 18.6 Å². The first-order valence-electron chi connectivity index (χ1n) is 9.16. The SMILES string of the molecule is Cn1c(C(=O)OCC(=O)NC2CCCCCCC2)cc2ccccc21. The predicted molar refractivity (Wildman–Crippen MR) is 97.5 cm³/mol. The predicted octanol–water partition coefficient (Wildman–Crippen LogP) is 3.56. The number of carbonyl (C=O) groups excluding carboxylic acids is 2. The third kappa shape index (κ3) is 4.41. The van der Waals surface area contributed by atoms with Crippen LogP contribution in [0.3, 0.4) is 0 Å². The van der Waals surface area contributed by atoms with E-state index in [0.717, 1.165) is 36.6 Å². The van der Waals surface area contributed by atoms with Crippen LogP contribution in [0.25, 0.3) is 10.9 Å². The van der Waals surface area contributed by atoms with Crippen LogP contribution >= 0.6 is 0 Å². The molecule has 0 atom stereocenters. The number of fused-ring (bicyclic) bond motifs is 1. The average molecular weight is 342 g/mol. The van der Waals surface area contributed by atoms with Crippen molar-refractivity contribution in [3.05, 3.63) is 36.0 Å². The molecule has 25 heavy (non-hydrogen) atoms. The first-order valence-corrected chi connectivity index (χ1v) is 9.16. The fourth-order valence-corrected chi connectivity index (χ4v) is 3.56. The van der Waals surface area contributed by atoms with Gasteiger partial charge in [-0.05, 0) is 25.0 Å². The molecule has 5 nitrogen and oxygen atoms in total. The van der Waals surface area contributed by atoms with Crippen LogP contribution in [-0.4, -0.2) is 29.1 Å². The van der Waals surface area contributed by atoms with Crippen LogP contribution in [0.15, 0.2) is 30.3 Å². The molecule has 1 aromatic carbocycles. The van der Waals surface area contributed by atoms with Crippen molar-refractivity contribution in [3.63, 3.8) is 0 Å². The number of hydrogen-bond donors (Lipinski definition) is 1. The maximum Gasteiger partial charge on any atom is 0.355 e. The van der Waals surface area contributed by atoms with E-state index in [2.05, 4.69) is 5.32 Å². The molecule has 0 unspecified atom stereocenters. The summed E-state index contributed by atoms with van der Waals surface area (Å²) in [6.07, 6.45) is 8.11. The number of carbonyl (C=O) groups is 2. The van der Waals surface area contributed by atoms with Gasteiger partial charge in [0, 0.05) is 24.0 Å². The molecule has 1 fully saturated rings. The number of nitrogens with zero attached hydrogens (tertiary/aromatic N) is 1. The molecule has 0 radical (unpaired) electrons. The van der Waals surface area contributed by atoms with Gasteiger partial charge in [0.05, 0.1) is 0 Å². The van der Waals surface area contributed by atoms with Crippen LogP contribution in [0.5, 0.6) is 0 Å². The summed E-state index contributed by atoms with van der Waals surface area (Å²) < 4.78 is 7.02. The van der Waals surface area contributed by atoms with Crippen molar-refractivity contribution in [2.75, 3.05) is 6.61 Å². The number of rotatable bonds is 4. The maximum atomic E-state index is 12.3. The summed E-state index contributed by atoms with van der Waals surface area (Å²) in [6, 6.07) is 9.77. The summed E-state index contributed by atoms with van der Waals surface area (Å²) in [7, 11) is 1.83. The molecule has 134 valence electrons. The van der Waals surface area contributed by atoms with Gasteiger partial charge in [-0.1, -0.05) is 50.3 Å². The molecular formula is C20H26N2O3. The Kier molecular flexibility index (Phi) is 5.74. The number of hydrogen-bond acceptors (Lipinski definition) is 3. The highest BCUT2D eigenvalue weighted by atomic mass is 16.5. The van der Waals surface area contributed by atoms with E-state index in [0.29, 0.717) is 5.69 Å². The zero-order chi connectivity index (χ0) is 17.6. The quantitative estimate of drug-likeness (QED) is 0.864. The summed E-state index contributed by atoms with van der Waals surface area (Å²) in [5.74, 6) is -0.677. The molecule has 3 rings (SSSR count). The molecule has 0 bridgehead atoms. The molecule has 1 aromatic heterocycles. The maximum absolute atomic E-state index is 12.3. The normalized spacial score (nSPS) is 16.2. The van der Waals surface area contributed by atoms with Gasteiger partial charge < -0.3 is 14.6 Å². The van der Waals surface area contributed by atoms with Crippen molar-refractivity contribution < 1.29 is 14.3 Å². The summed E-state index contributed by atoms with van der Waals surface area (Å²) in [6.45, 7) is -0.225. The van der Waals surface area contributed by atoms with E-state index in [4.69, 9.17) is 4.74 Å². The fraction of sp³-hybridized carbons (Fsp3) is 0.500. The van der Waals surface area contributed by atoms with Crippen LogP contribution in [0.4, 0.5) is 0 Å². The summed E-state index contributed by atoms with van der Waals surface area (Å²) >= 11 is 0. The average Bonchev–Trinajstić information content (AvgIpc) is 2.92. The van der Waals surface area contributed by atoms with Crippen LogP contribution in [0.1, 0.15) is 55.4 Å². The van der Waals surface area contributed by atoms with Crippen LogP contribution in [-0.2, 0) is 16.6 Å². The van der Waals surface area contributed by atoms with Gasteiger partial charge in [-0.2, -0.15) is 0 Å². The highest BCUT2D eigenvalue weighted by Crippen LogP contribution is 2.19. The van der Waals surface area contributed by atoms with E-state index >= 15 is 0 Å². The topological polar surface area (TPSA) is 60.3 Å². The standard InChI is InChI=1S/C20H26N2O3/c1-22-17-12-8-7-9-15(17)13-18(22)20(24)25-14-19(23)21-16-10-5-3-2-4-6-11-16/h7-9,12-13,16H,2-6,10-11,14H2,1H3,(H,21,23). The lowest BCUT2D eigenvalue weighted by molar-refractivity contribution is -0.125. The van der Waals surface area contributed by atoms with Crippen molar-refractivity contribution in [2.24, 2.45) is 7.05 Å². The van der Waals surface area contributed by atoms with Gasteiger partial charge in [0.25, 0.3) is 5.91 Å². The molecule has 1 aliphatic rings. The number of esters is 1. The number of ether oxygens (including phenoxy) is 1. The number of benzene rings is 1. The van der Waals surface area contributed by atoms with E-state index in [9.17, 15) is 9.59 Å². The van der Waals surface area contributed by atoms with E-state index in [1.54, 1.807) is 10.6 Å². The Morgan fingerprint density at radius 2 is 1.80 bits per heavy atom.